The molecule has 0 unspecified atom stereocenters. The Balaban J connectivity index is 1.89. The molecule has 1 aliphatic rings. The van der Waals surface area contributed by atoms with E-state index in [4.69, 9.17) is 10.00 Å². The fourth-order valence-electron chi connectivity index (χ4n) is 2.60. The van der Waals surface area contributed by atoms with Crippen molar-refractivity contribution in [2.24, 2.45) is 0 Å². The van der Waals surface area contributed by atoms with Gasteiger partial charge < -0.3 is 15.4 Å². The fourth-order valence-corrected chi connectivity index (χ4v) is 2.60. The van der Waals surface area contributed by atoms with Gasteiger partial charge in [-0.2, -0.15) is 5.26 Å². The first kappa shape index (κ1) is 15.4. The van der Waals surface area contributed by atoms with Crippen LogP contribution in [0.25, 0.3) is 10.9 Å². The van der Waals surface area contributed by atoms with Crippen molar-refractivity contribution in [3.8, 4) is 6.07 Å². The van der Waals surface area contributed by atoms with Gasteiger partial charge in [0.15, 0.2) is 5.82 Å². The molecule has 0 aliphatic heterocycles. The predicted molar refractivity (Wildman–Crippen MR) is 88.2 cm³/mol. The first-order valence-electron chi connectivity index (χ1n) is 7.72. The Bertz CT molecular complexity index is 748. The second kappa shape index (κ2) is 6.34. The number of fused-ring (bicyclic) bond motifs is 1. The van der Waals surface area contributed by atoms with Gasteiger partial charge in [0, 0.05) is 30.8 Å². The number of nitriles is 1. The molecule has 0 bridgehead atoms. The molecule has 2 aromatic heterocycles. The molecule has 2 N–H and O–H groups in total. The van der Waals surface area contributed by atoms with Crippen LogP contribution in [0, 0.1) is 11.3 Å². The molecule has 2 aromatic rings. The molecular weight excluding hydrogens is 292 g/mol. The molecule has 0 radical (unpaired) electrons. The molecule has 1 aliphatic carbocycles. The lowest BCUT2D eigenvalue weighted by Gasteiger charge is -2.34. The van der Waals surface area contributed by atoms with Crippen LogP contribution in [0.2, 0.25) is 0 Å². The third kappa shape index (κ3) is 3.32. The van der Waals surface area contributed by atoms with Crippen molar-refractivity contribution >= 4 is 22.7 Å². The van der Waals surface area contributed by atoms with E-state index in [1.165, 1.54) is 0 Å². The number of anilines is 2. The van der Waals surface area contributed by atoms with Gasteiger partial charge in [-0.25, -0.2) is 15.0 Å². The van der Waals surface area contributed by atoms with Crippen LogP contribution in [-0.2, 0) is 4.74 Å². The second-order valence-electron chi connectivity index (χ2n) is 6.07. The van der Waals surface area contributed by atoms with Crippen molar-refractivity contribution in [2.75, 3.05) is 17.7 Å². The van der Waals surface area contributed by atoms with Crippen LogP contribution in [0.4, 0.5) is 11.8 Å². The summed E-state index contributed by atoms with van der Waals surface area (Å²) in [5, 5.41) is 16.5. The molecular formula is C16H20N6O. The maximum atomic E-state index is 9.11. The van der Waals surface area contributed by atoms with Gasteiger partial charge in [0.1, 0.15) is 17.3 Å². The Morgan fingerprint density at radius 3 is 2.78 bits per heavy atom. The number of methoxy groups -OCH3 is 1. The highest BCUT2D eigenvalue weighted by Crippen LogP contribution is 2.27. The molecule has 1 saturated carbocycles. The van der Waals surface area contributed by atoms with Crippen LogP contribution >= 0.6 is 0 Å². The number of ether oxygens (including phenoxy) is 1. The first-order valence-corrected chi connectivity index (χ1v) is 7.72. The van der Waals surface area contributed by atoms with Gasteiger partial charge in [-0.05, 0) is 32.8 Å². The standard InChI is InChI=1S/C16H20N6O/c1-9(2)19-15-14-10(4-12(7-17)20-15)8-18-16(22-14)21-11-5-13(6-11)23-3/h4,8-9,11,13H,5-6H2,1-3H3,(H,19,20)(H,18,21,22). The van der Waals surface area contributed by atoms with Crippen molar-refractivity contribution < 1.29 is 4.74 Å². The predicted octanol–water partition coefficient (Wildman–Crippen LogP) is 2.31. The van der Waals surface area contributed by atoms with Crippen LogP contribution < -0.4 is 10.6 Å². The summed E-state index contributed by atoms with van der Waals surface area (Å²) in [6, 6.07) is 4.31. The van der Waals surface area contributed by atoms with E-state index in [1.807, 2.05) is 13.8 Å². The van der Waals surface area contributed by atoms with Gasteiger partial charge in [-0.15, -0.1) is 0 Å². The Labute approximate surface area is 135 Å². The largest absolute Gasteiger partial charge is 0.381 e. The van der Waals surface area contributed by atoms with Crippen molar-refractivity contribution in [3.63, 3.8) is 0 Å². The highest BCUT2D eigenvalue weighted by molar-refractivity contribution is 5.89. The minimum atomic E-state index is 0.195. The average Bonchev–Trinajstić information content (AvgIpc) is 2.49. The highest BCUT2D eigenvalue weighted by Gasteiger charge is 2.29. The van der Waals surface area contributed by atoms with Crippen molar-refractivity contribution in [2.45, 2.75) is 44.9 Å². The van der Waals surface area contributed by atoms with Crippen LogP contribution in [0.1, 0.15) is 32.4 Å². The molecule has 0 amide bonds. The number of hydrogen-bond donors (Lipinski definition) is 2. The number of nitrogens with zero attached hydrogens (tertiary/aromatic N) is 4. The summed E-state index contributed by atoms with van der Waals surface area (Å²) >= 11 is 0. The zero-order valence-electron chi connectivity index (χ0n) is 13.5. The summed E-state index contributed by atoms with van der Waals surface area (Å²) in [6.07, 6.45) is 3.97. The minimum absolute atomic E-state index is 0.195. The fraction of sp³-hybridized carbons (Fsp3) is 0.500. The van der Waals surface area contributed by atoms with Crippen LogP contribution in [0.5, 0.6) is 0 Å². The number of pyridine rings is 1. The van der Waals surface area contributed by atoms with Crippen molar-refractivity contribution in [3.05, 3.63) is 18.0 Å². The van der Waals surface area contributed by atoms with Crippen LogP contribution in [0.3, 0.4) is 0 Å². The lowest BCUT2D eigenvalue weighted by atomic mass is 9.89. The lowest BCUT2D eigenvalue weighted by Crippen LogP contribution is -2.40. The molecule has 0 aromatic carbocycles. The Morgan fingerprint density at radius 2 is 2.13 bits per heavy atom. The molecule has 3 rings (SSSR count). The molecule has 0 spiro atoms. The summed E-state index contributed by atoms with van der Waals surface area (Å²) < 4.78 is 5.28. The summed E-state index contributed by atoms with van der Waals surface area (Å²) in [5.74, 6) is 1.19. The van der Waals surface area contributed by atoms with Gasteiger partial charge in [0.25, 0.3) is 0 Å². The molecule has 0 atom stereocenters. The van der Waals surface area contributed by atoms with E-state index in [-0.39, 0.29) is 6.04 Å². The normalized spacial score (nSPS) is 20.1. The SMILES string of the molecule is COC1CC(Nc2ncc3cc(C#N)nc(NC(C)C)c3n2)C1. The number of hydrogen-bond acceptors (Lipinski definition) is 7. The molecule has 2 heterocycles. The maximum absolute atomic E-state index is 9.11. The van der Waals surface area contributed by atoms with Crippen LogP contribution in [-0.4, -0.2) is 40.2 Å². The smallest absolute Gasteiger partial charge is 0.223 e. The third-order valence-electron chi connectivity index (χ3n) is 3.87. The summed E-state index contributed by atoms with van der Waals surface area (Å²) in [6.45, 7) is 4.04. The third-order valence-corrected chi connectivity index (χ3v) is 3.87. The van der Waals surface area contributed by atoms with Crippen molar-refractivity contribution in [1.29, 1.82) is 5.26 Å². The van der Waals surface area contributed by atoms with Gasteiger partial charge in [-0.1, -0.05) is 0 Å². The highest BCUT2D eigenvalue weighted by atomic mass is 16.5. The van der Waals surface area contributed by atoms with E-state index >= 15 is 0 Å². The molecule has 23 heavy (non-hydrogen) atoms. The molecule has 120 valence electrons. The maximum Gasteiger partial charge on any atom is 0.223 e. The quantitative estimate of drug-likeness (QED) is 0.874. The molecule has 0 saturated heterocycles. The number of aromatic nitrogens is 3. The van der Waals surface area contributed by atoms with E-state index in [1.54, 1.807) is 19.4 Å². The molecule has 1 fully saturated rings. The Morgan fingerprint density at radius 1 is 1.35 bits per heavy atom. The monoisotopic (exact) mass is 312 g/mol. The van der Waals surface area contributed by atoms with E-state index in [0.29, 0.717) is 29.6 Å². The summed E-state index contributed by atoms with van der Waals surface area (Å²) in [5.41, 5.74) is 1.07. The Kier molecular flexibility index (Phi) is 4.26. The van der Waals surface area contributed by atoms with Gasteiger partial charge in [-0.3, -0.25) is 0 Å². The summed E-state index contributed by atoms with van der Waals surface area (Å²) in [4.78, 5) is 13.3. The average molecular weight is 312 g/mol. The van der Waals surface area contributed by atoms with E-state index < -0.39 is 0 Å². The van der Waals surface area contributed by atoms with Gasteiger partial charge in [0.05, 0.1) is 6.10 Å². The van der Waals surface area contributed by atoms with E-state index in [0.717, 1.165) is 23.7 Å². The van der Waals surface area contributed by atoms with Crippen LogP contribution in [0.15, 0.2) is 12.3 Å². The lowest BCUT2D eigenvalue weighted by molar-refractivity contribution is 0.0327. The van der Waals surface area contributed by atoms with E-state index in [2.05, 4.69) is 31.7 Å². The minimum Gasteiger partial charge on any atom is -0.381 e. The Hall–Kier alpha value is -2.46. The topological polar surface area (TPSA) is 95.8 Å². The van der Waals surface area contributed by atoms with Crippen molar-refractivity contribution in [1.82, 2.24) is 15.0 Å². The van der Waals surface area contributed by atoms with E-state index in [9.17, 15) is 0 Å². The second-order valence-corrected chi connectivity index (χ2v) is 6.07. The molecule has 7 heteroatoms. The summed E-state index contributed by atoms with van der Waals surface area (Å²) in [7, 11) is 1.73. The van der Waals surface area contributed by atoms with Gasteiger partial charge >= 0.3 is 0 Å². The zero-order chi connectivity index (χ0) is 16.4. The first-order chi connectivity index (χ1) is 11.1. The van der Waals surface area contributed by atoms with Gasteiger partial charge in [0.2, 0.25) is 5.95 Å². The number of nitrogens with one attached hydrogen (secondary N) is 2. The molecule has 7 nitrogen and oxygen atoms in total. The zero-order valence-corrected chi connectivity index (χ0v) is 13.5. The number of rotatable bonds is 5.